The van der Waals surface area contributed by atoms with Crippen LogP contribution in [0.2, 0.25) is 0 Å². The van der Waals surface area contributed by atoms with Crippen LogP contribution in [0.15, 0.2) is 38.7 Å². The van der Waals surface area contributed by atoms with E-state index < -0.39 is 0 Å². The first-order valence-electron chi connectivity index (χ1n) is 7.88. The summed E-state index contributed by atoms with van der Waals surface area (Å²) in [6, 6.07) is 8.23. The van der Waals surface area contributed by atoms with Crippen LogP contribution in [0.5, 0.6) is 0 Å². The van der Waals surface area contributed by atoms with Crippen LogP contribution in [0.25, 0.3) is 0 Å². The van der Waals surface area contributed by atoms with Crippen molar-refractivity contribution in [3.05, 3.63) is 50.3 Å². The van der Waals surface area contributed by atoms with Crippen LogP contribution in [0.3, 0.4) is 0 Å². The SMILES string of the molecule is Brc1ccccc1[C@H]1N=C2c3c(sc4c3CCCC4)N=CN2N1. The van der Waals surface area contributed by atoms with Crippen LogP contribution in [0.4, 0.5) is 5.00 Å². The number of aryl methyl sites for hydroxylation is 1. The summed E-state index contributed by atoms with van der Waals surface area (Å²) in [7, 11) is 0. The Bertz CT molecular complexity index is 854. The lowest BCUT2D eigenvalue weighted by Crippen LogP contribution is -2.38. The smallest absolute Gasteiger partial charge is 0.156 e. The topological polar surface area (TPSA) is 40.0 Å². The number of fused-ring (bicyclic) bond motifs is 5. The van der Waals surface area contributed by atoms with Crippen molar-refractivity contribution in [3.8, 4) is 0 Å². The Labute approximate surface area is 147 Å². The predicted octanol–water partition coefficient (Wildman–Crippen LogP) is 4.33. The molecule has 4 nitrogen and oxygen atoms in total. The molecule has 5 rings (SSSR count). The predicted molar refractivity (Wildman–Crippen MR) is 97.5 cm³/mol. The second-order valence-electron chi connectivity index (χ2n) is 6.01. The van der Waals surface area contributed by atoms with Gasteiger partial charge in [-0.15, -0.1) is 11.3 Å². The monoisotopic (exact) mass is 386 g/mol. The number of hydrazine groups is 1. The van der Waals surface area contributed by atoms with Crippen LogP contribution < -0.4 is 5.43 Å². The molecule has 1 atom stereocenters. The third-order valence-electron chi connectivity index (χ3n) is 4.61. The number of rotatable bonds is 1. The van der Waals surface area contributed by atoms with Crippen molar-refractivity contribution in [1.82, 2.24) is 10.4 Å². The second-order valence-corrected chi connectivity index (χ2v) is 7.95. The third-order valence-corrected chi connectivity index (χ3v) is 6.53. The second kappa shape index (κ2) is 5.26. The fourth-order valence-corrected chi connectivity index (χ4v) is 5.22. The number of aliphatic imine (C=N–C) groups is 2. The zero-order valence-electron chi connectivity index (χ0n) is 12.4. The highest BCUT2D eigenvalue weighted by atomic mass is 79.9. The fourth-order valence-electron chi connectivity index (χ4n) is 3.50. The van der Waals surface area contributed by atoms with Gasteiger partial charge in [0.15, 0.2) is 5.84 Å². The van der Waals surface area contributed by atoms with Gasteiger partial charge < -0.3 is 0 Å². The summed E-state index contributed by atoms with van der Waals surface area (Å²) in [5.74, 6) is 1.02. The minimum atomic E-state index is -0.0721. The van der Waals surface area contributed by atoms with E-state index in [9.17, 15) is 0 Å². The molecule has 1 N–H and O–H groups in total. The summed E-state index contributed by atoms with van der Waals surface area (Å²) in [4.78, 5) is 11.1. The number of thiophene rings is 1. The molecule has 3 heterocycles. The molecular formula is C17H15BrN4S. The van der Waals surface area contributed by atoms with Crippen LogP contribution >= 0.6 is 27.3 Å². The molecule has 0 bridgehead atoms. The van der Waals surface area contributed by atoms with E-state index in [0.717, 1.165) is 27.3 Å². The minimum Gasteiger partial charge on any atom is -0.246 e. The van der Waals surface area contributed by atoms with E-state index in [2.05, 4.69) is 38.5 Å². The Morgan fingerprint density at radius 1 is 1.22 bits per heavy atom. The summed E-state index contributed by atoms with van der Waals surface area (Å²) in [6.45, 7) is 0. The molecule has 0 saturated carbocycles. The maximum Gasteiger partial charge on any atom is 0.156 e. The molecule has 1 aromatic carbocycles. The summed E-state index contributed by atoms with van der Waals surface area (Å²) in [6.07, 6.45) is 6.70. The molecule has 1 aromatic heterocycles. The van der Waals surface area contributed by atoms with Gasteiger partial charge in [-0.05, 0) is 37.3 Å². The van der Waals surface area contributed by atoms with Gasteiger partial charge in [-0.2, -0.15) is 5.43 Å². The Balaban J connectivity index is 1.62. The average Bonchev–Trinajstić information content (AvgIpc) is 3.15. The number of amidine groups is 1. The molecule has 2 aliphatic heterocycles. The lowest BCUT2D eigenvalue weighted by molar-refractivity contribution is 0.426. The summed E-state index contributed by atoms with van der Waals surface area (Å²) in [5.41, 5.74) is 7.33. The van der Waals surface area contributed by atoms with Crippen LogP contribution in [0, 0.1) is 0 Å². The van der Waals surface area contributed by atoms with E-state index in [1.54, 1.807) is 0 Å². The molecule has 0 spiro atoms. The van der Waals surface area contributed by atoms with Crippen molar-refractivity contribution in [3.63, 3.8) is 0 Å². The normalized spacial score (nSPS) is 21.7. The molecule has 0 radical (unpaired) electrons. The van der Waals surface area contributed by atoms with Crippen LogP contribution in [-0.2, 0) is 12.8 Å². The molecular weight excluding hydrogens is 372 g/mol. The number of halogens is 1. The first-order valence-corrected chi connectivity index (χ1v) is 9.49. The van der Waals surface area contributed by atoms with Gasteiger partial charge in [-0.3, -0.25) is 0 Å². The number of nitrogens with one attached hydrogen (secondary N) is 1. The first kappa shape index (κ1) is 13.9. The van der Waals surface area contributed by atoms with Crippen molar-refractivity contribution in [2.24, 2.45) is 9.98 Å². The summed E-state index contributed by atoms with van der Waals surface area (Å²) < 4.78 is 1.08. The number of hydrogen-bond acceptors (Lipinski definition) is 5. The van der Waals surface area contributed by atoms with Gasteiger partial charge in [0.05, 0.1) is 5.56 Å². The van der Waals surface area contributed by atoms with Gasteiger partial charge in [0.25, 0.3) is 0 Å². The van der Waals surface area contributed by atoms with E-state index in [4.69, 9.17) is 4.99 Å². The van der Waals surface area contributed by atoms with E-state index in [-0.39, 0.29) is 6.17 Å². The Kier molecular flexibility index (Phi) is 3.18. The van der Waals surface area contributed by atoms with Crippen molar-refractivity contribution in [2.45, 2.75) is 31.8 Å². The largest absolute Gasteiger partial charge is 0.246 e. The lowest BCUT2D eigenvalue weighted by atomic mass is 9.95. The van der Waals surface area contributed by atoms with Crippen LogP contribution in [0.1, 0.15) is 40.6 Å². The molecule has 6 heteroatoms. The fraction of sp³-hybridized carbons (Fsp3) is 0.294. The van der Waals surface area contributed by atoms with Gasteiger partial charge in [0.1, 0.15) is 17.5 Å². The molecule has 3 aliphatic rings. The molecule has 0 fully saturated rings. The standard InChI is InChI=1S/C17H15BrN4S/c18-12-7-3-1-5-10(12)15-20-16-14-11-6-2-4-8-13(11)23-17(14)19-9-22(16)21-15/h1,3,5,7,9,15,21H,2,4,6,8H2/t15-/m0/s1. The van der Waals surface area contributed by atoms with Crippen molar-refractivity contribution in [1.29, 1.82) is 0 Å². The van der Waals surface area contributed by atoms with E-state index in [0.29, 0.717) is 0 Å². The quantitative estimate of drug-likeness (QED) is 0.791. The lowest BCUT2D eigenvalue weighted by Gasteiger charge is -2.21. The Morgan fingerprint density at radius 2 is 2.09 bits per heavy atom. The number of benzene rings is 1. The molecule has 2 aromatic rings. The zero-order valence-corrected chi connectivity index (χ0v) is 14.8. The average molecular weight is 387 g/mol. The van der Waals surface area contributed by atoms with Gasteiger partial charge in [-0.25, -0.2) is 15.0 Å². The molecule has 116 valence electrons. The Hall–Kier alpha value is -1.50. The van der Waals surface area contributed by atoms with Gasteiger partial charge >= 0.3 is 0 Å². The van der Waals surface area contributed by atoms with Gasteiger partial charge in [0, 0.05) is 14.9 Å². The maximum atomic E-state index is 4.98. The molecule has 23 heavy (non-hydrogen) atoms. The molecule has 1 aliphatic carbocycles. The van der Waals surface area contributed by atoms with E-state index >= 15 is 0 Å². The number of hydrogen-bond donors (Lipinski definition) is 1. The maximum absolute atomic E-state index is 4.98. The minimum absolute atomic E-state index is 0.0721. The summed E-state index contributed by atoms with van der Waals surface area (Å²) in [5, 5.41) is 3.11. The van der Waals surface area contributed by atoms with E-state index in [1.165, 1.54) is 35.3 Å². The molecule has 0 saturated heterocycles. The first-order chi connectivity index (χ1) is 11.3. The van der Waals surface area contributed by atoms with E-state index in [1.807, 2.05) is 34.8 Å². The van der Waals surface area contributed by atoms with Crippen LogP contribution in [-0.4, -0.2) is 17.2 Å². The Morgan fingerprint density at radius 3 is 3.00 bits per heavy atom. The highest BCUT2D eigenvalue weighted by molar-refractivity contribution is 9.10. The van der Waals surface area contributed by atoms with Crippen molar-refractivity contribution in [2.75, 3.05) is 0 Å². The number of nitrogens with zero attached hydrogens (tertiary/aromatic N) is 3. The zero-order chi connectivity index (χ0) is 15.4. The highest BCUT2D eigenvalue weighted by Crippen LogP contribution is 2.43. The summed E-state index contributed by atoms with van der Waals surface area (Å²) >= 11 is 5.48. The van der Waals surface area contributed by atoms with Gasteiger partial charge in [0.2, 0.25) is 0 Å². The molecule has 0 unspecified atom stereocenters. The molecule has 0 amide bonds. The van der Waals surface area contributed by atoms with Crippen molar-refractivity contribution >= 4 is 44.4 Å². The van der Waals surface area contributed by atoms with Gasteiger partial charge in [-0.1, -0.05) is 34.1 Å². The highest BCUT2D eigenvalue weighted by Gasteiger charge is 2.34. The third kappa shape index (κ3) is 2.12. The van der Waals surface area contributed by atoms with Crippen molar-refractivity contribution < 1.29 is 0 Å².